The van der Waals surface area contributed by atoms with Crippen molar-refractivity contribution < 1.29 is 13.5 Å². The molecule has 1 aromatic rings. The third kappa shape index (κ3) is 4.57. The molecule has 0 atom stereocenters. The highest BCUT2D eigenvalue weighted by molar-refractivity contribution is 7.89. The number of hydrogen-bond donors (Lipinski definition) is 2. The summed E-state index contributed by atoms with van der Waals surface area (Å²) in [5.41, 5.74) is 0.481. The molecule has 4 nitrogen and oxygen atoms in total. The van der Waals surface area contributed by atoms with E-state index in [0.29, 0.717) is 12.0 Å². The maximum Gasteiger partial charge on any atom is 0.242 e. The standard InChI is InChI=1S/C16H21NO3S/c18-13-7-6-9-14-8-4-5-12-16(14)21(19,20)17-15-10-2-1-3-11-15/h4-5,8,12,15,17-18H,1-3,7,10-11,13H2. The molecule has 0 spiro atoms. The van der Waals surface area contributed by atoms with E-state index < -0.39 is 10.0 Å². The van der Waals surface area contributed by atoms with Crippen LogP contribution >= 0.6 is 0 Å². The fourth-order valence-corrected chi connectivity index (χ4v) is 3.99. The topological polar surface area (TPSA) is 66.4 Å². The van der Waals surface area contributed by atoms with Crippen molar-refractivity contribution in [2.45, 2.75) is 49.5 Å². The number of rotatable bonds is 4. The quantitative estimate of drug-likeness (QED) is 0.837. The maximum absolute atomic E-state index is 12.5. The first kappa shape index (κ1) is 16.0. The lowest BCUT2D eigenvalue weighted by atomic mass is 9.96. The van der Waals surface area contributed by atoms with Crippen LogP contribution in [0.4, 0.5) is 0 Å². The van der Waals surface area contributed by atoms with Gasteiger partial charge in [0.15, 0.2) is 0 Å². The molecule has 2 rings (SSSR count). The summed E-state index contributed by atoms with van der Waals surface area (Å²) in [4.78, 5) is 0.223. The largest absolute Gasteiger partial charge is 0.395 e. The van der Waals surface area contributed by atoms with Crippen molar-refractivity contribution in [2.24, 2.45) is 0 Å². The zero-order valence-electron chi connectivity index (χ0n) is 12.0. The lowest BCUT2D eigenvalue weighted by molar-refractivity contribution is 0.305. The van der Waals surface area contributed by atoms with Gasteiger partial charge in [0, 0.05) is 18.0 Å². The third-order valence-electron chi connectivity index (χ3n) is 3.56. The number of aliphatic hydroxyl groups excluding tert-OH is 1. The summed E-state index contributed by atoms with van der Waals surface area (Å²) in [6.45, 7) is -0.0256. The molecule has 1 saturated carbocycles. The van der Waals surface area contributed by atoms with Gasteiger partial charge in [-0.1, -0.05) is 43.2 Å². The number of sulfonamides is 1. The molecule has 0 unspecified atom stereocenters. The minimum Gasteiger partial charge on any atom is -0.395 e. The van der Waals surface area contributed by atoms with Crippen molar-refractivity contribution in [3.63, 3.8) is 0 Å². The highest BCUT2D eigenvalue weighted by Gasteiger charge is 2.23. The first-order valence-electron chi connectivity index (χ1n) is 7.34. The Morgan fingerprint density at radius 3 is 2.62 bits per heavy atom. The van der Waals surface area contributed by atoms with E-state index in [4.69, 9.17) is 5.11 Å². The van der Waals surface area contributed by atoms with Crippen LogP contribution in [-0.2, 0) is 10.0 Å². The second-order valence-corrected chi connectivity index (χ2v) is 6.91. The summed E-state index contributed by atoms with van der Waals surface area (Å²) in [5.74, 6) is 5.60. The molecule has 0 radical (unpaired) electrons. The monoisotopic (exact) mass is 307 g/mol. The van der Waals surface area contributed by atoms with Gasteiger partial charge in [-0.2, -0.15) is 0 Å². The van der Waals surface area contributed by atoms with E-state index in [1.807, 2.05) is 0 Å². The van der Waals surface area contributed by atoms with Crippen LogP contribution in [0.2, 0.25) is 0 Å². The van der Waals surface area contributed by atoms with Gasteiger partial charge in [-0.3, -0.25) is 0 Å². The van der Waals surface area contributed by atoms with Crippen LogP contribution in [0.25, 0.3) is 0 Å². The fourth-order valence-electron chi connectivity index (χ4n) is 2.52. The molecule has 0 bridgehead atoms. The predicted octanol–water partition coefficient (Wildman–Crippen LogP) is 2.03. The van der Waals surface area contributed by atoms with Gasteiger partial charge in [-0.15, -0.1) is 0 Å². The lowest BCUT2D eigenvalue weighted by Crippen LogP contribution is -2.36. The Balaban J connectivity index is 2.21. The van der Waals surface area contributed by atoms with Crippen molar-refractivity contribution >= 4 is 10.0 Å². The van der Waals surface area contributed by atoms with Gasteiger partial charge in [0.1, 0.15) is 0 Å². The molecule has 0 aromatic heterocycles. The minimum atomic E-state index is -3.54. The summed E-state index contributed by atoms with van der Waals surface area (Å²) in [6.07, 6.45) is 5.47. The van der Waals surface area contributed by atoms with Crippen LogP contribution < -0.4 is 4.72 Å². The molecule has 1 fully saturated rings. The molecule has 5 heteroatoms. The van der Waals surface area contributed by atoms with Crippen molar-refractivity contribution in [1.82, 2.24) is 4.72 Å². The van der Waals surface area contributed by atoms with E-state index in [2.05, 4.69) is 16.6 Å². The number of nitrogens with one attached hydrogen (secondary N) is 1. The van der Waals surface area contributed by atoms with Gasteiger partial charge in [0.2, 0.25) is 10.0 Å². The van der Waals surface area contributed by atoms with Gasteiger partial charge in [-0.05, 0) is 25.0 Å². The maximum atomic E-state index is 12.5. The highest BCUT2D eigenvalue weighted by Crippen LogP contribution is 2.21. The van der Waals surface area contributed by atoms with Crippen molar-refractivity contribution in [2.75, 3.05) is 6.61 Å². The van der Waals surface area contributed by atoms with Crippen molar-refractivity contribution in [3.05, 3.63) is 29.8 Å². The normalized spacial score (nSPS) is 16.2. The summed E-state index contributed by atoms with van der Waals surface area (Å²) in [6, 6.07) is 6.77. The molecule has 114 valence electrons. The molecule has 0 heterocycles. The van der Waals surface area contributed by atoms with Gasteiger partial charge in [0.25, 0.3) is 0 Å². The molecule has 21 heavy (non-hydrogen) atoms. The second-order valence-electron chi connectivity index (χ2n) is 5.23. The van der Waals surface area contributed by atoms with Crippen molar-refractivity contribution in [3.8, 4) is 11.8 Å². The van der Waals surface area contributed by atoms with Crippen LogP contribution in [0.5, 0.6) is 0 Å². The molecule has 0 saturated heterocycles. The first-order chi connectivity index (χ1) is 10.1. The molecular weight excluding hydrogens is 286 g/mol. The molecule has 1 aromatic carbocycles. The third-order valence-corrected chi connectivity index (χ3v) is 5.14. The SMILES string of the molecule is O=S(=O)(NC1CCCCC1)c1ccccc1C#CCCO. The molecule has 1 aliphatic rings. The van der Waals surface area contributed by atoms with Crippen LogP contribution in [0.15, 0.2) is 29.2 Å². The van der Waals surface area contributed by atoms with E-state index in [1.165, 1.54) is 6.42 Å². The minimum absolute atomic E-state index is 0.0256. The Labute approximate surface area is 126 Å². The molecular formula is C16H21NO3S. The average molecular weight is 307 g/mol. The average Bonchev–Trinajstić information content (AvgIpc) is 2.48. The zero-order chi connectivity index (χ0) is 15.1. The van der Waals surface area contributed by atoms with E-state index in [0.717, 1.165) is 25.7 Å². The Morgan fingerprint density at radius 1 is 1.19 bits per heavy atom. The zero-order valence-corrected chi connectivity index (χ0v) is 12.8. The Hall–Kier alpha value is -1.35. The Morgan fingerprint density at radius 2 is 1.90 bits per heavy atom. The molecule has 2 N–H and O–H groups in total. The molecule has 1 aliphatic carbocycles. The van der Waals surface area contributed by atoms with Gasteiger partial charge in [-0.25, -0.2) is 13.1 Å². The first-order valence-corrected chi connectivity index (χ1v) is 8.83. The van der Waals surface area contributed by atoms with Crippen LogP contribution in [0.3, 0.4) is 0 Å². The van der Waals surface area contributed by atoms with Crippen LogP contribution in [-0.4, -0.2) is 26.2 Å². The number of hydrogen-bond acceptors (Lipinski definition) is 3. The fraction of sp³-hybridized carbons (Fsp3) is 0.500. The van der Waals surface area contributed by atoms with Crippen LogP contribution in [0, 0.1) is 11.8 Å². The molecule has 0 aliphatic heterocycles. The van der Waals surface area contributed by atoms with E-state index in [1.54, 1.807) is 24.3 Å². The van der Waals surface area contributed by atoms with Gasteiger partial charge < -0.3 is 5.11 Å². The van der Waals surface area contributed by atoms with E-state index in [9.17, 15) is 8.42 Å². The lowest BCUT2D eigenvalue weighted by Gasteiger charge is -2.22. The number of aliphatic hydroxyl groups is 1. The Bertz CT molecular complexity index is 622. The van der Waals surface area contributed by atoms with E-state index >= 15 is 0 Å². The predicted molar refractivity (Wildman–Crippen MR) is 82.2 cm³/mol. The Kier molecular flexibility index (Phi) is 5.80. The second kappa shape index (κ2) is 7.60. The molecule has 0 amide bonds. The van der Waals surface area contributed by atoms with Gasteiger partial charge in [0.05, 0.1) is 11.5 Å². The van der Waals surface area contributed by atoms with Crippen molar-refractivity contribution in [1.29, 1.82) is 0 Å². The van der Waals surface area contributed by atoms with Crippen LogP contribution in [0.1, 0.15) is 44.1 Å². The number of benzene rings is 1. The summed E-state index contributed by atoms with van der Waals surface area (Å²) >= 11 is 0. The smallest absolute Gasteiger partial charge is 0.242 e. The van der Waals surface area contributed by atoms with E-state index in [-0.39, 0.29) is 17.5 Å². The summed E-state index contributed by atoms with van der Waals surface area (Å²) < 4.78 is 27.8. The summed E-state index contributed by atoms with van der Waals surface area (Å²) in [7, 11) is -3.54. The summed E-state index contributed by atoms with van der Waals surface area (Å²) in [5, 5.41) is 8.76. The highest BCUT2D eigenvalue weighted by atomic mass is 32.2. The van der Waals surface area contributed by atoms with Gasteiger partial charge >= 0.3 is 0 Å².